The van der Waals surface area contributed by atoms with Crippen LogP contribution in [0.4, 0.5) is 5.69 Å². The Morgan fingerprint density at radius 2 is 2.00 bits per heavy atom. The van der Waals surface area contributed by atoms with Gasteiger partial charge in [-0.15, -0.1) is 0 Å². The van der Waals surface area contributed by atoms with Crippen molar-refractivity contribution in [1.82, 2.24) is 5.32 Å². The first kappa shape index (κ1) is 14.9. The van der Waals surface area contributed by atoms with Gasteiger partial charge in [-0.3, -0.25) is 10.1 Å². The number of benzene rings is 1. The van der Waals surface area contributed by atoms with Gasteiger partial charge in [-0.25, -0.2) is 0 Å². The highest BCUT2D eigenvalue weighted by Crippen LogP contribution is 2.24. The molecule has 5 nitrogen and oxygen atoms in total. The van der Waals surface area contributed by atoms with Crippen molar-refractivity contribution in [2.24, 2.45) is 5.92 Å². The minimum atomic E-state index is -0.620. The summed E-state index contributed by atoms with van der Waals surface area (Å²) in [6.07, 6.45) is 4.32. The van der Waals surface area contributed by atoms with E-state index < -0.39 is 11.0 Å². The molecule has 0 saturated heterocycles. The lowest BCUT2D eigenvalue weighted by atomic mass is 9.86. The summed E-state index contributed by atoms with van der Waals surface area (Å²) < 4.78 is 0. The van der Waals surface area contributed by atoms with Gasteiger partial charge in [0.25, 0.3) is 5.69 Å². The maximum Gasteiger partial charge on any atom is 0.269 e. The molecule has 1 aliphatic rings. The second kappa shape index (κ2) is 6.81. The molecule has 1 saturated carbocycles. The first-order valence-electron chi connectivity index (χ1n) is 7.23. The highest BCUT2D eigenvalue weighted by Gasteiger charge is 2.21. The first-order valence-corrected chi connectivity index (χ1v) is 7.23. The Morgan fingerprint density at radius 3 is 2.60 bits per heavy atom. The van der Waals surface area contributed by atoms with Crippen molar-refractivity contribution < 1.29 is 10.0 Å². The van der Waals surface area contributed by atoms with Crippen LogP contribution in [-0.4, -0.2) is 22.6 Å². The highest BCUT2D eigenvalue weighted by atomic mass is 16.6. The molecule has 2 rings (SSSR count). The Hall–Kier alpha value is -1.46. The number of hydrogen-bond acceptors (Lipinski definition) is 4. The number of nitrogens with zero attached hydrogens (tertiary/aromatic N) is 1. The molecule has 0 amide bonds. The van der Waals surface area contributed by atoms with Crippen molar-refractivity contribution in [3.8, 4) is 0 Å². The molecule has 5 heteroatoms. The largest absolute Gasteiger partial charge is 0.387 e. The third kappa shape index (κ3) is 3.77. The topological polar surface area (TPSA) is 75.4 Å². The number of nitro benzene ring substituents is 1. The average Bonchev–Trinajstić information content (AvgIpc) is 2.46. The summed E-state index contributed by atoms with van der Waals surface area (Å²) in [7, 11) is 0. The quantitative estimate of drug-likeness (QED) is 0.641. The fraction of sp³-hybridized carbons (Fsp3) is 0.600. The summed E-state index contributed by atoms with van der Waals surface area (Å²) in [6, 6.07) is 6.57. The van der Waals surface area contributed by atoms with Crippen molar-refractivity contribution >= 4 is 5.69 Å². The standard InChI is InChI=1S/C15H22N2O3/c1-11-4-2-3-5-14(11)16-10-15(18)12-6-8-13(9-7-12)17(19)20/h6-9,11,14-16,18H,2-5,10H2,1H3. The third-order valence-electron chi connectivity index (χ3n) is 4.17. The number of rotatable bonds is 5. The normalized spacial score (nSPS) is 24.3. The summed E-state index contributed by atoms with van der Waals surface area (Å²) in [5, 5.41) is 24.1. The van der Waals surface area contributed by atoms with Gasteiger partial charge in [-0.2, -0.15) is 0 Å². The van der Waals surface area contributed by atoms with Crippen LogP contribution in [0.2, 0.25) is 0 Å². The molecule has 3 unspecified atom stereocenters. The maximum absolute atomic E-state index is 10.6. The molecule has 0 radical (unpaired) electrons. The van der Waals surface area contributed by atoms with E-state index in [1.165, 1.54) is 31.4 Å². The molecule has 0 heterocycles. The van der Waals surface area contributed by atoms with Gasteiger partial charge in [-0.1, -0.05) is 19.8 Å². The van der Waals surface area contributed by atoms with E-state index in [0.29, 0.717) is 24.1 Å². The molecule has 1 fully saturated rings. The number of aliphatic hydroxyl groups is 1. The van der Waals surface area contributed by atoms with Crippen LogP contribution in [0.25, 0.3) is 0 Å². The van der Waals surface area contributed by atoms with E-state index in [2.05, 4.69) is 12.2 Å². The Balaban J connectivity index is 1.87. The molecular weight excluding hydrogens is 256 g/mol. The fourth-order valence-electron chi connectivity index (χ4n) is 2.82. The summed E-state index contributed by atoms with van der Waals surface area (Å²) in [5.41, 5.74) is 0.765. The Bertz CT molecular complexity index is 447. The second-order valence-electron chi connectivity index (χ2n) is 5.64. The molecule has 0 bridgehead atoms. The third-order valence-corrected chi connectivity index (χ3v) is 4.17. The van der Waals surface area contributed by atoms with Gasteiger partial charge < -0.3 is 10.4 Å². The van der Waals surface area contributed by atoms with Gasteiger partial charge in [0.15, 0.2) is 0 Å². The number of hydrogen-bond donors (Lipinski definition) is 2. The summed E-state index contributed by atoms with van der Waals surface area (Å²) >= 11 is 0. The maximum atomic E-state index is 10.6. The molecule has 1 aromatic rings. The van der Waals surface area contributed by atoms with Crippen LogP contribution in [0.5, 0.6) is 0 Å². The molecule has 0 spiro atoms. The van der Waals surface area contributed by atoms with Crippen LogP contribution in [0, 0.1) is 16.0 Å². The number of aliphatic hydroxyl groups excluding tert-OH is 1. The van der Waals surface area contributed by atoms with Gasteiger partial charge in [-0.05, 0) is 36.5 Å². The second-order valence-corrected chi connectivity index (χ2v) is 5.64. The summed E-state index contributed by atoms with van der Waals surface area (Å²) in [5.74, 6) is 0.646. The zero-order valence-corrected chi connectivity index (χ0v) is 11.8. The van der Waals surface area contributed by atoms with E-state index in [1.807, 2.05) is 0 Å². The molecule has 0 aromatic heterocycles. The monoisotopic (exact) mass is 278 g/mol. The van der Waals surface area contributed by atoms with E-state index in [1.54, 1.807) is 12.1 Å². The van der Waals surface area contributed by atoms with Crippen LogP contribution < -0.4 is 5.32 Å². The van der Waals surface area contributed by atoms with E-state index in [-0.39, 0.29) is 5.69 Å². The predicted octanol–water partition coefficient (Wildman–Crippen LogP) is 2.80. The van der Waals surface area contributed by atoms with Crippen molar-refractivity contribution in [2.75, 3.05) is 6.54 Å². The molecule has 110 valence electrons. The zero-order valence-electron chi connectivity index (χ0n) is 11.8. The predicted molar refractivity (Wildman–Crippen MR) is 77.5 cm³/mol. The Labute approximate surface area is 119 Å². The first-order chi connectivity index (χ1) is 9.58. The Morgan fingerprint density at radius 1 is 1.35 bits per heavy atom. The lowest BCUT2D eigenvalue weighted by Gasteiger charge is -2.30. The van der Waals surface area contributed by atoms with E-state index >= 15 is 0 Å². The van der Waals surface area contributed by atoms with Crippen LogP contribution in [-0.2, 0) is 0 Å². The van der Waals surface area contributed by atoms with Crippen molar-refractivity contribution in [3.05, 3.63) is 39.9 Å². The van der Waals surface area contributed by atoms with Gasteiger partial charge in [0.05, 0.1) is 11.0 Å². The SMILES string of the molecule is CC1CCCCC1NCC(O)c1ccc([N+](=O)[O-])cc1. The molecule has 1 aliphatic carbocycles. The van der Waals surface area contributed by atoms with E-state index in [0.717, 1.165) is 6.42 Å². The van der Waals surface area contributed by atoms with Crippen molar-refractivity contribution in [1.29, 1.82) is 0 Å². The van der Waals surface area contributed by atoms with Crippen LogP contribution in [0.1, 0.15) is 44.3 Å². The van der Waals surface area contributed by atoms with Gasteiger partial charge in [0.1, 0.15) is 0 Å². The molecule has 1 aromatic carbocycles. The van der Waals surface area contributed by atoms with Crippen LogP contribution in [0.15, 0.2) is 24.3 Å². The number of non-ortho nitro benzene ring substituents is 1. The summed E-state index contributed by atoms with van der Waals surface area (Å²) in [4.78, 5) is 10.1. The van der Waals surface area contributed by atoms with Gasteiger partial charge in [0.2, 0.25) is 0 Å². The lowest BCUT2D eigenvalue weighted by molar-refractivity contribution is -0.384. The van der Waals surface area contributed by atoms with Crippen molar-refractivity contribution in [3.63, 3.8) is 0 Å². The molecule has 20 heavy (non-hydrogen) atoms. The molecular formula is C15H22N2O3. The summed E-state index contributed by atoms with van der Waals surface area (Å²) in [6.45, 7) is 2.74. The molecule has 2 N–H and O–H groups in total. The number of nitrogens with one attached hydrogen (secondary N) is 1. The average molecular weight is 278 g/mol. The van der Waals surface area contributed by atoms with Crippen LogP contribution in [0.3, 0.4) is 0 Å². The van der Waals surface area contributed by atoms with E-state index in [4.69, 9.17) is 0 Å². The lowest BCUT2D eigenvalue weighted by Crippen LogP contribution is -2.39. The van der Waals surface area contributed by atoms with Crippen molar-refractivity contribution in [2.45, 2.75) is 44.8 Å². The van der Waals surface area contributed by atoms with Crippen LogP contribution >= 0.6 is 0 Å². The Kier molecular flexibility index (Phi) is 5.09. The fourth-order valence-corrected chi connectivity index (χ4v) is 2.82. The smallest absolute Gasteiger partial charge is 0.269 e. The molecule has 0 aliphatic heterocycles. The zero-order chi connectivity index (χ0) is 14.5. The van der Waals surface area contributed by atoms with Gasteiger partial charge >= 0.3 is 0 Å². The van der Waals surface area contributed by atoms with E-state index in [9.17, 15) is 15.2 Å². The minimum absolute atomic E-state index is 0.0508. The minimum Gasteiger partial charge on any atom is -0.387 e. The molecule has 3 atom stereocenters. The van der Waals surface area contributed by atoms with Gasteiger partial charge in [0, 0.05) is 24.7 Å². The highest BCUT2D eigenvalue weighted by molar-refractivity contribution is 5.33. The number of nitro groups is 1.